The van der Waals surface area contributed by atoms with Crippen LogP contribution in [0.5, 0.6) is 0 Å². The summed E-state index contributed by atoms with van der Waals surface area (Å²) in [4.78, 5) is 15.5. The molecule has 0 amide bonds. The average molecular weight is 393 g/mol. The first-order valence-electron chi connectivity index (χ1n) is 5.85. The van der Waals surface area contributed by atoms with Gasteiger partial charge in [0.25, 0.3) is 0 Å². The Labute approximate surface area is 135 Å². The molecule has 0 fully saturated rings. The zero-order valence-corrected chi connectivity index (χ0v) is 14.2. The summed E-state index contributed by atoms with van der Waals surface area (Å²) in [6.45, 7) is 6.38. The lowest BCUT2D eigenvalue weighted by Gasteiger charge is -2.08. The third kappa shape index (κ3) is 5.24. The minimum Gasteiger partial charge on any atom is -0.465 e. The molecule has 0 aliphatic rings. The number of hydrogen-bond acceptors (Lipinski definition) is 4. The molecule has 0 aliphatic heterocycles. The van der Waals surface area contributed by atoms with Gasteiger partial charge < -0.3 is 19.8 Å². The summed E-state index contributed by atoms with van der Waals surface area (Å²) >= 11 is 0. The van der Waals surface area contributed by atoms with Crippen molar-refractivity contribution in [2.75, 3.05) is 20.7 Å². The van der Waals surface area contributed by atoms with Crippen LogP contribution in [0.25, 0.3) is 0 Å². The van der Waals surface area contributed by atoms with E-state index in [-0.39, 0.29) is 24.0 Å². The van der Waals surface area contributed by atoms with Gasteiger partial charge in [0.2, 0.25) is 0 Å². The summed E-state index contributed by atoms with van der Waals surface area (Å²) in [5.74, 6) is 1.41. The van der Waals surface area contributed by atoms with Gasteiger partial charge in [-0.25, -0.2) is 4.79 Å². The second-order valence-electron chi connectivity index (χ2n) is 3.77. The van der Waals surface area contributed by atoms with Gasteiger partial charge in [0, 0.05) is 13.6 Å². The van der Waals surface area contributed by atoms with Crippen LogP contribution in [0.4, 0.5) is 0 Å². The van der Waals surface area contributed by atoms with E-state index in [1.54, 1.807) is 26.1 Å². The molecule has 2 N–H and O–H groups in total. The standard InChI is InChI=1S/C13H19N3O3.HI/c1-5-6-15-13(14-3)16-8-10-7-11(9(2)19-10)12(17)18-4;/h5,7H,1,6,8H2,2-4H3,(H2,14,15,16);1H. The van der Waals surface area contributed by atoms with E-state index in [1.165, 1.54) is 7.11 Å². The number of nitrogens with one attached hydrogen (secondary N) is 2. The zero-order chi connectivity index (χ0) is 14.3. The maximum atomic E-state index is 11.4. The molecule has 0 aliphatic carbocycles. The Balaban J connectivity index is 0.00000361. The number of furan rings is 1. The number of guanidine groups is 1. The SMILES string of the molecule is C=CCNC(=NC)NCc1cc(C(=O)OC)c(C)o1.I. The molecule has 0 aromatic carbocycles. The Morgan fingerprint density at radius 3 is 2.80 bits per heavy atom. The monoisotopic (exact) mass is 393 g/mol. The molecule has 0 atom stereocenters. The first kappa shape index (κ1) is 18.5. The van der Waals surface area contributed by atoms with Crippen molar-refractivity contribution in [2.45, 2.75) is 13.5 Å². The molecule has 0 radical (unpaired) electrons. The first-order valence-corrected chi connectivity index (χ1v) is 5.85. The fraction of sp³-hybridized carbons (Fsp3) is 0.385. The molecule has 0 unspecified atom stereocenters. The number of halogens is 1. The molecule has 7 heteroatoms. The van der Waals surface area contributed by atoms with E-state index in [1.807, 2.05) is 0 Å². The Hall–Kier alpha value is -1.51. The van der Waals surface area contributed by atoms with Crippen LogP contribution in [-0.4, -0.2) is 32.6 Å². The van der Waals surface area contributed by atoms with E-state index in [2.05, 4.69) is 26.9 Å². The van der Waals surface area contributed by atoms with Crippen LogP contribution in [0.15, 0.2) is 28.1 Å². The highest BCUT2D eigenvalue weighted by molar-refractivity contribution is 14.0. The van der Waals surface area contributed by atoms with Crippen LogP contribution in [0, 0.1) is 6.92 Å². The van der Waals surface area contributed by atoms with Crippen LogP contribution >= 0.6 is 24.0 Å². The molecule has 0 bridgehead atoms. The van der Waals surface area contributed by atoms with E-state index in [0.29, 0.717) is 36.1 Å². The van der Waals surface area contributed by atoms with Gasteiger partial charge in [-0.2, -0.15) is 0 Å². The number of carbonyl (C=O) groups is 1. The lowest BCUT2D eigenvalue weighted by Crippen LogP contribution is -2.36. The van der Waals surface area contributed by atoms with Gasteiger partial charge in [0.05, 0.1) is 13.7 Å². The number of carbonyl (C=O) groups excluding carboxylic acids is 1. The fourth-order valence-corrected chi connectivity index (χ4v) is 1.50. The second kappa shape index (κ2) is 9.40. The Morgan fingerprint density at radius 2 is 2.25 bits per heavy atom. The highest BCUT2D eigenvalue weighted by Gasteiger charge is 2.15. The fourth-order valence-electron chi connectivity index (χ4n) is 1.50. The van der Waals surface area contributed by atoms with Gasteiger partial charge in [0.15, 0.2) is 5.96 Å². The topological polar surface area (TPSA) is 75.9 Å². The third-order valence-electron chi connectivity index (χ3n) is 2.44. The maximum absolute atomic E-state index is 11.4. The van der Waals surface area contributed by atoms with Crippen LogP contribution in [-0.2, 0) is 11.3 Å². The summed E-state index contributed by atoms with van der Waals surface area (Å²) in [7, 11) is 3.01. The molecule has 1 heterocycles. The number of rotatable bonds is 5. The van der Waals surface area contributed by atoms with Gasteiger partial charge in [-0.3, -0.25) is 4.99 Å². The lowest BCUT2D eigenvalue weighted by atomic mass is 10.2. The Bertz CT molecular complexity index is 483. The summed E-state index contributed by atoms with van der Waals surface area (Å²) in [6, 6.07) is 1.66. The van der Waals surface area contributed by atoms with Crippen molar-refractivity contribution in [2.24, 2.45) is 4.99 Å². The number of esters is 1. The van der Waals surface area contributed by atoms with Crippen molar-refractivity contribution in [3.8, 4) is 0 Å². The third-order valence-corrected chi connectivity index (χ3v) is 2.44. The summed E-state index contributed by atoms with van der Waals surface area (Å²) in [6.07, 6.45) is 1.74. The largest absolute Gasteiger partial charge is 0.465 e. The van der Waals surface area contributed by atoms with Crippen LogP contribution in [0.1, 0.15) is 21.9 Å². The van der Waals surface area contributed by atoms with Gasteiger partial charge in [0.1, 0.15) is 17.1 Å². The Kier molecular flexibility index (Phi) is 8.69. The molecule has 0 spiro atoms. The van der Waals surface area contributed by atoms with Crippen molar-refractivity contribution in [3.05, 3.63) is 35.8 Å². The van der Waals surface area contributed by atoms with E-state index in [4.69, 9.17) is 4.42 Å². The van der Waals surface area contributed by atoms with E-state index >= 15 is 0 Å². The summed E-state index contributed by atoms with van der Waals surface area (Å²) in [5, 5.41) is 6.10. The van der Waals surface area contributed by atoms with Gasteiger partial charge in [-0.1, -0.05) is 6.08 Å². The van der Waals surface area contributed by atoms with Crippen LogP contribution in [0.2, 0.25) is 0 Å². The molecule has 0 saturated carbocycles. The molecule has 20 heavy (non-hydrogen) atoms. The number of hydrogen-bond donors (Lipinski definition) is 2. The van der Waals surface area contributed by atoms with Gasteiger partial charge in [-0.05, 0) is 13.0 Å². The number of nitrogens with zero attached hydrogens (tertiary/aromatic N) is 1. The molecule has 0 saturated heterocycles. The van der Waals surface area contributed by atoms with E-state index in [0.717, 1.165) is 0 Å². The molecule has 1 rings (SSSR count). The normalized spacial score (nSPS) is 10.4. The molecular weight excluding hydrogens is 373 g/mol. The molecular formula is C13H20IN3O3. The minimum absolute atomic E-state index is 0. The van der Waals surface area contributed by atoms with E-state index in [9.17, 15) is 4.79 Å². The number of ether oxygens (including phenoxy) is 1. The van der Waals surface area contributed by atoms with Crippen molar-refractivity contribution in [3.63, 3.8) is 0 Å². The van der Waals surface area contributed by atoms with Crippen LogP contribution < -0.4 is 10.6 Å². The lowest BCUT2D eigenvalue weighted by molar-refractivity contribution is 0.0599. The van der Waals surface area contributed by atoms with Gasteiger partial charge >= 0.3 is 5.97 Å². The summed E-state index contributed by atoms with van der Waals surface area (Å²) in [5.41, 5.74) is 0.438. The Morgan fingerprint density at radius 1 is 1.55 bits per heavy atom. The zero-order valence-electron chi connectivity index (χ0n) is 11.9. The number of aryl methyl sites for hydroxylation is 1. The van der Waals surface area contributed by atoms with Crippen molar-refractivity contribution >= 4 is 35.9 Å². The smallest absolute Gasteiger partial charge is 0.341 e. The highest BCUT2D eigenvalue weighted by atomic mass is 127. The second-order valence-corrected chi connectivity index (χ2v) is 3.77. The summed E-state index contributed by atoms with van der Waals surface area (Å²) < 4.78 is 10.1. The predicted octanol–water partition coefficient (Wildman–Crippen LogP) is 1.84. The van der Waals surface area contributed by atoms with E-state index < -0.39 is 5.97 Å². The van der Waals surface area contributed by atoms with Crippen molar-refractivity contribution < 1.29 is 13.9 Å². The van der Waals surface area contributed by atoms with Crippen molar-refractivity contribution in [1.82, 2.24) is 10.6 Å². The quantitative estimate of drug-likeness (QED) is 0.263. The predicted molar refractivity (Wildman–Crippen MR) is 88.6 cm³/mol. The first-order chi connectivity index (χ1) is 9.12. The van der Waals surface area contributed by atoms with Gasteiger partial charge in [-0.15, -0.1) is 30.6 Å². The molecule has 1 aromatic heterocycles. The molecule has 112 valence electrons. The minimum atomic E-state index is -0.401. The number of methoxy groups -OCH3 is 1. The van der Waals surface area contributed by atoms with Crippen molar-refractivity contribution in [1.29, 1.82) is 0 Å². The van der Waals surface area contributed by atoms with Crippen LogP contribution in [0.3, 0.4) is 0 Å². The average Bonchev–Trinajstić information content (AvgIpc) is 2.79. The maximum Gasteiger partial charge on any atom is 0.341 e. The number of aliphatic imine (C=N–C) groups is 1. The molecule has 1 aromatic rings. The highest BCUT2D eigenvalue weighted by Crippen LogP contribution is 2.15. The molecule has 6 nitrogen and oxygen atoms in total.